The minimum atomic E-state index is -1.09. The van der Waals surface area contributed by atoms with E-state index in [1.807, 2.05) is 20.1 Å². The van der Waals surface area contributed by atoms with Gasteiger partial charge in [-0.1, -0.05) is 12.1 Å². The van der Waals surface area contributed by atoms with Crippen LogP contribution in [0.2, 0.25) is 0 Å². The van der Waals surface area contributed by atoms with Crippen molar-refractivity contribution in [3.8, 4) is 0 Å². The van der Waals surface area contributed by atoms with Gasteiger partial charge in [0.25, 0.3) is 5.91 Å². The minimum Gasteiger partial charge on any atom is -0.478 e. The molecule has 2 N–H and O–H groups in total. The highest BCUT2D eigenvalue weighted by Gasteiger charge is 2.24. The zero-order valence-electron chi connectivity index (χ0n) is 11.6. The number of carboxylic acids is 1. The van der Waals surface area contributed by atoms with Gasteiger partial charge in [0.05, 0.1) is 11.1 Å². The number of carbonyl (C=O) groups is 2. The number of aromatic carboxylic acids is 1. The van der Waals surface area contributed by atoms with Crippen LogP contribution >= 0.6 is 11.8 Å². The van der Waals surface area contributed by atoms with Gasteiger partial charge in [-0.05, 0) is 38.7 Å². The molecule has 0 aliphatic carbocycles. The second-order valence-corrected chi connectivity index (χ2v) is 5.94. The summed E-state index contributed by atoms with van der Waals surface area (Å²) in [6, 6.07) is 4.83. The van der Waals surface area contributed by atoms with Gasteiger partial charge >= 0.3 is 5.97 Å². The molecule has 0 heterocycles. The Kier molecular flexibility index (Phi) is 5.00. The number of carboxylic acid groups (broad SMARTS) is 1. The molecule has 0 aliphatic rings. The Morgan fingerprint density at radius 2 is 2.00 bits per heavy atom. The van der Waals surface area contributed by atoms with E-state index in [9.17, 15) is 9.59 Å². The summed E-state index contributed by atoms with van der Waals surface area (Å²) in [7, 11) is 0. The average molecular weight is 281 g/mol. The molecule has 0 bridgehead atoms. The molecule has 1 aromatic rings. The highest BCUT2D eigenvalue weighted by atomic mass is 32.2. The molecule has 0 radical (unpaired) electrons. The van der Waals surface area contributed by atoms with Crippen LogP contribution in [0, 0.1) is 6.92 Å². The standard InChI is InChI=1S/C14H19NO3S/c1-9-6-5-7-10(13(17)18)11(9)12(16)15-14(2,3)8-19-4/h5-7H,8H2,1-4H3,(H,15,16)(H,17,18). The van der Waals surface area contributed by atoms with Crippen molar-refractivity contribution >= 4 is 23.6 Å². The van der Waals surface area contributed by atoms with Crippen molar-refractivity contribution in [2.45, 2.75) is 26.3 Å². The molecule has 19 heavy (non-hydrogen) atoms. The van der Waals surface area contributed by atoms with Crippen molar-refractivity contribution in [1.29, 1.82) is 0 Å². The summed E-state index contributed by atoms with van der Waals surface area (Å²) in [6.45, 7) is 5.57. The van der Waals surface area contributed by atoms with Gasteiger partial charge in [0.2, 0.25) is 0 Å². The first kappa shape index (κ1) is 15.6. The van der Waals surface area contributed by atoms with Crippen LogP contribution < -0.4 is 5.32 Å². The van der Waals surface area contributed by atoms with Crippen LogP contribution in [0.1, 0.15) is 40.1 Å². The summed E-state index contributed by atoms with van der Waals surface area (Å²) < 4.78 is 0. The Hall–Kier alpha value is -1.49. The van der Waals surface area contributed by atoms with Gasteiger partial charge < -0.3 is 10.4 Å². The third-order valence-electron chi connectivity index (χ3n) is 2.69. The molecule has 0 saturated carbocycles. The zero-order valence-corrected chi connectivity index (χ0v) is 12.4. The van der Waals surface area contributed by atoms with E-state index >= 15 is 0 Å². The summed E-state index contributed by atoms with van der Waals surface area (Å²) in [5, 5.41) is 12.0. The van der Waals surface area contributed by atoms with Crippen molar-refractivity contribution < 1.29 is 14.7 Å². The van der Waals surface area contributed by atoms with Gasteiger partial charge in [-0.25, -0.2) is 4.79 Å². The van der Waals surface area contributed by atoms with E-state index in [0.717, 1.165) is 5.75 Å². The average Bonchev–Trinajstić information content (AvgIpc) is 2.27. The van der Waals surface area contributed by atoms with E-state index in [4.69, 9.17) is 5.11 Å². The zero-order chi connectivity index (χ0) is 14.6. The summed E-state index contributed by atoms with van der Waals surface area (Å²) in [5.74, 6) is -0.668. The summed E-state index contributed by atoms with van der Waals surface area (Å²) in [4.78, 5) is 23.5. The van der Waals surface area contributed by atoms with Gasteiger partial charge in [-0.15, -0.1) is 0 Å². The van der Waals surface area contributed by atoms with Crippen molar-refractivity contribution in [2.75, 3.05) is 12.0 Å². The van der Waals surface area contributed by atoms with E-state index < -0.39 is 5.97 Å². The van der Waals surface area contributed by atoms with Crippen molar-refractivity contribution in [1.82, 2.24) is 5.32 Å². The lowest BCUT2D eigenvalue weighted by Crippen LogP contribution is -2.46. The smallest absolute Gasteiger partial charge is 0.336 e. The van der Waals surface area contributed by atoms with Crippen LogP contribution in [0.3, 0.4) is 0 Å². The molecule has 0 aliphatic heterocycles. The number of aryl methyl sites for hydroxylation is 1. The number of hydrogen-bond donors (Lipinski definition) is 2. The van der Waals surface area contributed by atoms with E-state index in [1.54, 1.807) is 30.8 Å². The van der Waals surface area contributed by atoms with Gasteiger partial charge in [-0.2, -0.15) is 11.8 Å². The van der Waals surface area contributed by atoms with E-state index in [-0.39, 0.29) is 22.6 Å². The predicted molar refractivity (Wildman–Crippen MR) is 78.1 cm³/mol. The molecular weight excluding hydrogens is 262 g/mol. The van der Waals surface area contributed by atoms with Crippen LogP contribution in [0.25, 0.3) is 0 Å². The molecule has 0 atom stereocenters. The van der Waals surface area contributed by atoms with Crippen LogP contribution in [0.4, 0.5) is 0 Å². The van der Waals surface area contributed by atoms with Crippen LogP contribution in [0.5, 0.6) is 0 Å². The predicted octanol–water partition coefficient (Wildman–Crippen LogP) is 2.56. The lowest BCUT2D eigenvalue weighted by molar-refractivity contribution is 0.0689. The third-order valence-corrected chi connectivity index (χ3v) is 3.70. The normalized spacial score (nSPS) is 11.2. The number of benzene rings is 1. The van der Waals surface area contributed by atoms with Crippen molar-refractivity contribution in [3.05, 3.63) is 34.9 Å². The van der Waals surface area contributed by atoms with Crippen LogP contribution in [-0.2, 0) is 0 Å². The maximum absolute atomic E-state index is 12.3. The maximum Gasteiger partial charge on any atom is 0.336 e. The molecule has 1 aromatic carbocycles. The number of rotatable bonds is 5. The third kappa shape index (κ3) is 3.99. The van der Waals surface area contributed by atoms with Crippen molar-refractivity contribution in [3.63, 3.8) is 0 Å². The fraction of sp³-hybridized carbons (Fsp3) is 0.429. The SMILES string of the molecule is CSCC(C)(C)NC(=O)c1c(C)cccc1C(=O)O. The lowest BCUT2D eigenvalue weighted by atomic mass is 9.99. The van der Waals surface area contributed by atoms with E-state index in [2.05, 4.69) is 5.32 Å². The van der Waals surface area contributed by atoms with Gasteiger partial charge in [0.15, 0.2) is 0 Å². The van der Waals surface area contributed by atoms with E-state index in [1.165, 1.54) is 6.07 Å². The largest absolute Gasteiger partial charge is 0.478 e. The molecule has 0 fully saturated rings. The maximum atomic E-state index is 12.3. The Morgan fingerprint density at radius 3 is 2.53 bits per heavy atom. The highest BCUT2D eigenvalue weighted by molar-refractivity contribution is 7.98. The molecule has 0 unspecified atom stereocenters. The fourth-order valence-electron chi connectivity index (χ4n) is 1.91. The highest BCUT2D eigenvalue weighted by Crippen LogP contribution is 2.17. The van der Waals surface area contributed by atoms with Gasteiger partial charge in [0.1, 0.15) is 0 Å². The summed E-state index contributed by atoms with van der Waals surface area (Å²) in [6.07, 6.45) is 1.96. The van der Waals surface area contributed by atoms with Crippen molar-refractivity contribution in [2.24, 2.45) is 0 Å². The van der Waals surface area contributed by atoms with Crippen LogP contribution in [0.15, 0.2) is 18.2 Å². The lowest BCUT2D eigenvalue weighted by Gasteiger charge is -2.26. The Balaban J connectivity index is 3.10. The molecule has 104 valence electrons. The number of amides is 1. The van der Waals surface area contributed by atoms with Crippen LogP contribution in [-0.4, -0.2) is 34.5 Å². The molecular formula is C14H19NO3S. The van der Waals surface area contributed by atoms with E-state index in [0.29, 0.717) is 5.56 Å². The number of carbonyl (C=O) groups excluding carboxylic acids is 1. The molecule has 0 aromatic heterocycles. The molecule has 1 rings (SSSR count). The first-order valence-electron chi connectivity index (χ1n) is 5.93. The Bertz CT molecular complexity index is 497. The fourth-order valence-corrected chi connectivity index (χ4v) is 2.71. The number of nitrogens with one attached hydrogen (secondary N) is 1. The molecule has 4 nitrogen and oxygen atoms in total. The first-order chi connectivity index (χ1) is 8.78. The molecule has 0 spiro atoms. The quantitative estimate of drug-likeness (QED) is 0.870. The first-order valence-corrected chi connectivity index (χ1v) is 7.32. The topological polar surface area (TPSA) is 66.4 Å². The summed E-state index contributed by atoms with van der Waals surface area (Å²) in [5.41, 5.74) is 0.563. The molecule has 5 heteroatoms. The monoisotopic (exact) mass is 281 g/mol. The number of thioether (sulfide) groups is 1. The Morgan fingerprint density at radius 1 is 1.37 bits per heavy atom. The summed E-state index contributed by atoms with van der Waals surface area (Å²) >= 11 is 1.63. The van der Waals surface area contributed by atoms with Gasteiger partial charge in [-0.3, -0.25) is 4.79 Å². The van der Waals surface area contributed by atoms with Gasteiger partial charge in [0, 0.05) is 11.3 Å². The molecule has 0 saturated heterocycles. The Labute approximate surface area is 117 Å². The number of hydrogen-bond acceptors (Lipinski definition) is 3. The second-order valence-electron chi connectivity index (χ2n) is 5.07. The molecule has 1 amide bonds. The minimum absolute atomic E-state index is 0.0393. The second kappa shape index (κ2) is 6.10.